The molecule has 1 atom stereocenters. The lowest BCUT2D eigenvalue weighted by Gasteiger charge is -2.35. The molecule has 1 saturated heterocycles. The molecule has 2 nitrogen and oxygen atoms in total. The molecule has 2 aromatic rings. The van der Waals surface area contributed by atoms with E-state index in [9.17, 15) is 26.3 Å². The second-order valence-electron chi connectivity index (χ2n) is 6.04. The summed E-state index contributed by atoms with van der Waals surface area (Å²) in [6.07, 6.45) is -9.70. The fourth-order valence-corrected chi connectivity index (χ4v) is 3.96. The summed E-state index contributed by atoms with van der Waals surface area (Å²) >= 11 is 1.32. The third-order valence-corrected chi connectivity index (χ3v) is 5.18. The van der Waals surface area contributed by atoms with Crippen LogP contribution in [0.4, 0.5) is 26.3 Å². The van der Waals surface area contributed by atoms with E-state index in [1.54, 1.807) is 17.5 Å². The number of hydrogen-bond donors (Lipinski definition) is 1. The van der Waals surface area contributed by atoms with Crippen LogP contribution < -0.4 is 5.32 Å². The number of nitrogens with zero attached hydrogens (tertiary/aromatic N) is 1. The Balaban J connectivity index is 0.00000261. The Morgan fingerprint density at radius 2 is 1.48 bits per heavy atom. The van der Waals surface area contributed by atoms with Crippen molar-refractivity contribution < 1.29 is 26.3 Å². The Kier molecular flexibility index (Phi) is 6.83. The van der Waals surface area contributed by atoms with Gasteiger partial charge >= 0.3 is 12.4 Å². The quantitative estimate of drug-likeness (QED) is 0.673. The van der Waals surface area contributed by atoms with Gasteiger partial charge < -0.3 is 5.32 Å². The molecular weight excluding hydrogens is 414 g/mol. The summed E-state index contributed by atoms with van der Waals surface area (Å²) in [4.78, 5) is 2.64. The van der Waals surface area contributed by atoms with E-state index in [4.69, 9.17) is 0 Å². The molecule has 150 valence electrons. The van der Waals surface area contributed by atoms with Crippen LogP contribution in [0.2, 0.25) is 0 Å². The van der Waals surface area contributed by atoms with Crippen molar-refractivity contribution in [2.45, 2.75) is 18.4 Å². The minimum Gasteiger partial charge on any atom is -0.314 e. The molecule has 1 aromatic heterocycles. The van der Waals surface area contributed by atoms with Crippen molar-refractivity contribution in [2.75, 3.05) is 26.2 Å². The molecule has 1 aliphatic heterocycles. The van der Waals surface area contributed by atoms with E-state index in [1.165, 1.54) is 11.3 Å². The molecule has 0 amide bonds. The van der Waals surface area contributed by atoms with Crippen LogP contribution in [0.15, 0.2) is 35.7 Å². The van der Waals surface area contributed by atoms with Crippen molar-refractivity contribution in [1.29, 1.82) is 0 Å². The van der Waals surface area contributed by atoms with Crippen molar-refractivity contribution in [3.8, 4) is 0 Å². The molecule has 0 aliphatic carbocycles. The predicted molar refractivity (Wildman–Crippen MR) is 94.3 cm³/mol. The van der Waals surface area contributed by atoms with Crippen molar-refractivity contribution >= 4 is 23.7 Å². The van der Waals surface area contributed by atoms with E-state index in [1.807, 2.05) is 4.90 Å². The fraction of sp³-hybridized carbons (Fsp3) is 0.412. The first-order chi connectivity index (χ1) is 12.2. The maximum absolute atomic E-state index is 13.2. The molecule has 1 fully saturated rings. The number of alkyl halides is 6. The molecule has 10 heteroatoms. The van der Waals surface area contributed by atoms with Gasteiger partial charge in [0.25, 0.3) is 0 Å². The van der Waals surface area contributed by atoms with Gasteiger partial charge in [0.1, 0.15) is 0 Å². The zero-order valence-electron chi connectivity index (χ0n) is 13.9. The Bertz CT molecular complexity index is 707. The maximum atomic E-state index is 13.2. The monoisotopic (exact) mass is 430 g/mol. The van der Waals surface area contributed by atoms with Gasteiger partial charge in [0.15, 0.2) is 0 Å². The van der Waals surface area contributed by atoms with Crippen LogP contribution in [0.25, 0.3) is 0 Å². The van der Waals surface area contributed by atoms with Gasteiger partial charge in [-0.15, -0.1) is 23.7 Å². The van der Waals surface area contributed by atoms with Crippen molar-refractivity contribution in [3.05, 3.63) is 57.3 Å². The minimum absolute atomic E-state index is 0. The molecule has 0 radical (unpaired) electrons. The minimum atomic E-state index is -4.85. The number of rotatable bonds is 3. The molecule has 0 bridgehead atoms. The Labute approximate surface area is 162 Å². The van der Waals surface area contributed by atoms with Gasteiger partial charge in [-0.05, 0) is 35.2 Å². The number of benzene rings is 1. The molecular formula is C17H17ClF6N2S. The Hall–Kier alpha value is -1.29. The molecule has 27 heavy (non-hydrogen) atoms. The lowest BCUT2D eigenvalue weighted by Crippen LogP contribution is -2.45. The number of nitrogens with one attached hydrogen (secondary N) is 1. The van der Waals surface area contributed by atoms with Crippen LogP contribution in [0.5, 0.6) is 0 Å². The third kappa shape index (κ3) is 5.16. The smallest absolute Gasteiger partial charge is 0.314 e. The lowest BCUT2D eigenvalue weighted by atomic mass is 9.97. The molecule has 1 aliphatic rings. The van der Waals surface area contributed by atoms with Crippen molar-refractivity contribution in [1.82, 2.24) is 10.2 Å². The van der Waals surface area contributed by atoms with Crippen LogP contribution in [0.1, 0.15) is 27.6 Å². The topological polar surface area (TPSA) is 15.3 Å². The summed E-state index contributed by atoms with van der Waals surface area (Å²) < 4.78 is 79.2. The maximum Gasteiger partial charge on any atom is 0.416 e. The average molecular weight is 431 g/mol. The Morgan fingerprint density at radius 3 is 1.93 bits per heavy atom. The second kappa shape index (κ2) is 8.38. The van der Waals surface area contributed by atoms with E-state index < -0.39 is 29.5 Å². The van der Waals surface area contributed by atoms with Gasteiger partial charge in [0.05, 0.1) is 17.2 Å². The highest BCUT2D eigenvalue weighted by molar-refractivity contribution is 7.10. The number of thiophene rings is 1. The zero-order valence-corrected chi connectivity index (χ0v) is 15.5. The second-order valence-corrected chi connectivity index (χ2v) is 7.02. The summed E-state index contributed by atoms with van der Waals surface area (Å²) in [5.41, 5.74) is -2.55. The van der Waals surface area contributed by atoms with Crippen LogP contribution in [0.3, 0.4) is 0 Å². The predicted octanol–water partition coefficient (Wildman–Crippen LogP) is 5.20. The SMILES string of the molecule is Cl.FC(F)(F)c1cc([C@H](c2cccs2)N2CCNCC2)cc(C(F)(F)F)c1. The van der Waals surface area contributed by atoms with E-state index in [0.717, 1.165) is 17.0 Å². The number of piperazine rings is 1. The summed E-state index contributed by atoms with van der Waals surface area (Å²) in [5.74, 6) is 0. The highest BCUT2D eigenvalue weighted by Gasteiger charge is 2.38. The molecule has 2 heterocycles. The highest BCUT2D eigenvalue weighted by Crippen LogP contribution is 2.40. The van der Waals surface area contributed by atoms with Gasteiger partial charge in [0.2, 0.25) is 0 Å². The largest absolute Gasteiger partial charge is 0.416 e. The van der Waals surface area contributed by atoms with Crippen LogP contribution in [-0.2, 0) is 12.4 Å². The molecule has 1 N–H and O–H groups in total. The van der Waals surface area contributed by atoms with Gasteiger partial charge in [-0.1, -0.05) is 6.07 Å². The first-order valence-corrected chi connectivity index (χ1v) is 8.82. The summed E-state index contributed by atoms with van der Waals surface area (Å²) in [7, 11) is 0. The van der Waals surface area contributed by atoms with Gasteiger partial charge in [0, 0.05) is 31.1 Å². The van der Waals surface area contributed by atoms with Crippen molar-refractivity contribution in [3.63, 3.8) is 0 Å². The average Bonchev–Trinajstić information content (AvgIpc) is 3.08. The molecule has 1 aromatic carbocycles. The lowest BCUT2D eigenvalue weighted by molar-refractivity contribution is -0.143. The third-order valence-electron chi connectivity index (χ3n) is 4.26. The van der Waals surface area contributed by atoms with Crippen LogP contribution in [0, 0.1) is 0 Å². The number of hydrogen-bond acceptors (Lipinski definition) is 3. The summed E-state index contributed by atoms with van der Waals surface area (Å²) in [5, 5.41) is 4.91. The van der Waals surface area contributed by atoms with Crippen molar-refractivity contribution in [2.24, 2.45) is 0 Å². The van der Waals surface area contributed by atoms with E-state index in [-0.39, 0.29) is 24.0 Å². The Morgan fingerprint density at radius 1 is 0.926 bits per heavy atom. The van der Waals surface area contributed by atoms with Gasteiger partial charge in [-0.2, -0.15) is 26.3 Å². The van der Waals surface area contributed by atoms with E-state index >= 15 is 0 Å². The molecule has 0 saturated carbocycles. The van der Waals surface area contributed by atoms with Gasteiger partial charge in [-0.25, -0.2) is 0 Å². The summed E-state index contributed by atoms with van der Waals surface area (Å²) in [6.45, 7) is 2.35. The van der Waals surface area contributed by atoms with E-state index in [0.29, 0.717) is 26.2 Å². The molecule has 3 rings (SSSR count). The first kappa shape index (κ1) is 22.0. The van der Waals surface area contributed by atoms with E-state index in [2.05, 4.69) is 5.32 Å². The molecule has 0 unspecified atom stereocenters. The van der Waals surface area contributed by atoms with Crippen LogP contribution >= 0.6 is 23.7 Å². The van der Waals surface area contributed by atoms with Crippen LogP contribution in [-0.4, -0.2) is 31.1 Å². The normalized spacial score (nSPS) is 17.4. The van der Waals surface area contributed by atoms with Gasteiger partial charge in [-0.3, -0.25) is 4.90 Å². The molecule has 0 spiro atoms. The summed E-state index contributed by atoms with van der Waals surface area (Å²) in [6, 6.07) is 4.69. The first-order valence-electron chi connectivity index (χ1n) is 7.94. The highest BCUT2D eigenvalue weighted by atomic mass is 35.5. The number of halogens is 7. The standard InChI is InChI=1S/C17H16F6N2S.ClH/c18-16(19,20)12-8-11(9-13(10-12)17(21,22)23)15(14-2-1-7-26-14)25-5-3-24-4-6-25;/h1-2,7-10,15,24H,3-6H2;1H/t15-;/m1./s1. The zero-order chi connectivity index (χ0) is 18.9. The fourth-order valence-electron chi connectivity index (χ4n) is 3.08.